The predicted octanol–water partition coefficient (Wildman–Crippen LogP) is 4.04. The first-order valence-corrected chi connectivity index (χ1v) is 7.63. The Kier molecular flexibility index (Phi) is 5.37. The first-order chi connectivity index (χ1) is 10.9. The zero-order valence-electron chi connectivity index (χ0n) is 14.1. The molecule has 0 aliphatic heterocycles. The Morgan fingerprint density at radius 1 is 1.09 bits per heavy atom. The van der Waals surface area contributed by atoms with Crippen molar-refractivity contribution in [2.24, 2.45) is 5.41 Å². The lowest BCUT2D eigenvalue weighted by Crippen LogP contribution is -2.09. The number of rotatable bonds is 5. The fourth-order valence-corrected chi connectivity index (χ4v) is 2.25. The highest BCUT2D eigenvalue weighted by Crippen LogP contribution is 2.22. The SMILES string of the molecule is COC(=O)c1cccc(COc2ccc(CC(C)(C)C)cc2)n1. The summed E-state index contributed by atoms with van der Waals surface area (Å²) in [5.41, 5.74) is 2.53. The van der Waals surface area contributed by atoms with Gasteiger partial charge in [-0.3, -0.25) is 0 Å². The monoisotopic (exact) mass is 313 g/mol. The number of hydrogen-bond acceptors (Lipinski definition) is 4. The summed E-state index contributed by atoms with van der Waals surface area (Å²) >= 11 is 0. The summed E-state index contributed by atoms with van der Waals surface area (Å²) in [7, 11) is 1.34. The highest BCUT2D eigenvalue weighted by atomic mass is 16.5. The van der Waals surface area contributed by atoms with E-state index in [-0.39, 0.29) is 11.1 Å². The van der Waals surface area contributed by atoms with Gasteiger partial charge in [0, 0.05) is 0 Å². The number of pyridine rings is 1. The molecule has 1 aromatic carbocycles. The lowest BCUT2D eigenvalue weighted by molar-refractivity contribution is 0.0593. The molecule has 0 radical (unpaired) electrons. The Labute approximate surface area is 137 Å². The highest BCUT2D eigenvalue weighted by molar-refractivity contribution is 5.87. The topological polar surface area (TPSA) is 48.4 Å². The third-order valence-electron chi connectivity index (χ3n) is 3.25. The van der Waals surface area contributed by atoms with Gasteiger partial charge in [0.15, 0.2) is 0 Å². The third kappa shape index (κ3) is 5.40. The Hall–Kier alpha value is -2.36. The number of carbonyl (C=O) groups excluding carboxylic acids is 1. The minimum Gasteiger partial charge on any atom is -0.487 e. The normalized spacial score (nSPS) is 11.1. The maximum absolute atomic E-state index is 11.5. The quantitative estimate of drug-likeness (QED) is 0.782. The summed E-state index contributed by atoms with van der Waals surface area (Å²) in [5.74, 6) is 0.339. The summed E-state index contributed by atoms with van der Waals surface area (Å²) in [6, 6.07) is 13.3. The van der Waals surface area contributed by atoms with Crippen LogP contribution in [0.2, 0.25) is 0 Å². The van der Waals surface area contributed by atoms with Crippen molar-refractivity contribution in [3.63, 3.8) is 0 Å². The minimum atomic E-state index is -0.446. The van der Waals surface area contributed by atoms with E-state index < -0.39 is 5.97 Å². The van der Waals surface area contributed by atoms with Crippen molar-refractivity contribution in [1.82, 2.24) is 4.98 Å². The average molecular weight is 313 g/mol. The largest absolute Gasteiger partial charge is 0.487 e. The van der Waals surface area contributed by atoms with Gasteiger partial charge in [0.2, 0.25) is 0 Å². The smallest absolute Gasteiger partial charge is 0.356 e. The number of hydrogen-bond donors (Lipinski definition) is 0. The van der Waals surface area contributed by atoms with E-state index >= 15 is 0 Å². The van der Waals surface area contributed by atoms with Crippen molar-refractivity contribution in [3.05, 3.63) is 59.4 Å². The average Bonchev–Trinajstić information content (AvgIpc) is 2.52. The summed E-state index contributed by atoms with van der Waals surface area (Å²) in [6.07, 6.45) is 1.02. The van der Waals surface area contributed by atoms with Gasteiger partial charge in [-0.15, -0.1) is 0 Å². The summed E-state index contributed by atoms with van der Waals surface area (Å²) < 4.78 is 10.4. The lowest BCUT2D eigenvalue weighted by Gasteiger charge is -2.18. The van der Waals surface area contributed by atoms with Crippen LogP contribution in [-0.4, -0.2) is 18.1 Å². The standard InChI is InChI=1S/C19H23NO3/c1-19(2,3)12-14-8-10-16(11-9-14)23-13-15-6-5-7-17(20-15)18(21)22-4/h5-11H,12-13H2,1-4H3. The molecule has 0 fully saturated rings. The summed E-state index contributed by atoms with van der Waals surface area (Å²) in [4.78, 5) is 15.7. The molecule has 122 valence electrons. The van der Waals surface area contributed by atoms with Crippen LogP contribution >= 0.6 is 0 Å². The Bertz CT molecular complexity index is 657. The van der Waals surface area contributed by atoms with Crippen molar-refractivity contribution in [2.75, 3.05) is 7.11 Å². The first kappa shape index (κ1) is 17.0. The molecule has 2 aromatic rings. The van der Waals surface area contributed by atoms with Gasteiger partial charge in [0.05, 0.1) is 12.8 Å². The fraction of sp³-hybridized carbons (Fsp3) is 0.368. The van der Waals surface area contributed by atoms with Crippen LogP contribution in [0.5, 0.6) is 5.75 Å². The van der Waals surface area contributed by atoms with Crippen molar-refractivity contribution in [2.45, 2.75) is 33.8 Å². The summed E-state index contributed by atoms with van der Waals surface area (Å²) in [5, 5.41) is 0. The zero-order chi connectivity index (χ0) is 16.9. The van der Waals surface area contributed by atoms with Crippen LogP contribution in [0.25, 0.3) is 0 Å². The van der Waals surface area contributed by atoms with Gasteiger partial charge in [-0.2, -0.15) is 0 Å². The van der Waals surface area contributed by atoms with Gasteiger partial charge in [0.1, 0.15) is 18.1 Å². The molecule has 0 saturated heterocycles. The highest BCUT2D eigenvalue weighted by Gasteiger charge is 2.11. The molecule has 0 bridgehead atoms. The molecular formula is C19H23NO3. The Morgan fingerprint density at radius 3 is 2.39 bits per heavy atom. The van der Waals surface area contributed by atoms with E-state index in [0.29, 0.717) is 12.3 Å². The van der Waals surface area contributed by atoms with Gasteiger partial charge in [-0.25, -0.2) is 9.78 Å². The van der Waals surface area contributed by atoms with E-state index in [1.165, 1.54) is 12.7 Å². The molecular weight excluding hydrogens is 290 g/mol. The van der Waals surface area contributed by atoms with E-state index in [1.54, 1.807) is 12.1 Å². The maximum atomic E-state index is 11.5. The second-order valence-corrected chi connectivity index (χ2v) is 6.68. The molecule has 2 rings (SSSR count). The molecule has 0 N–H and O–H groups in total. The van der Waals surface area contributed by atoms with E-state index in [1.807, 2.05) is 18.2 Å². The number of benzene rings is 1. The number of esters is 1. The van der Waals surface area contributed by atoms with E-state index in [0.717, 1.165) is 12.2 Å². The fourth-order valence-electron chi connectivity index (χ4n) is 2.25. The van der Waals surface area contributed by atoms with Gasteiger partial charge >= 0.3 is 5.97 Å². The number of methoxy groups -OCH3 is 1. The lowest BCUT2D eigenvalue weighted by atomic mass is 9.88. The molecule has 1 aromatic heterocycles. The Balaban J connectivity index is 1.97. The molecule has 0 saturated carbocycles. The van der Waals surface area contributed by atoms with Crippen molar-refractivity contribution < 1.29 is 14.3 Å². The molecule has 0 atom stereocenters. The molecule has 0 spiro atoms. The van der Waals surface area contributed by atoms with E-state index in [4.69, 9.17) is 4.74 Å². The van der Waals surface area contributed by atoms with Crippen molar-refractivity contribution in [1.29, 1.82) is 0 Å². The second-order valence-electron chi connectivity index (χ2n) is 6.68. The minimum absolute atomic E-state index is 0.265. The molecule has 0 aliphatic rings. The number of aromatic nitrogens is 1. The van der Waals surface area contributed by atoms with Gasteiger partial charge in [-0.1, -0.05) is 39.0 Å². The first-order valence-electron chi connectivity index (χ1n) is 7.63. The van der Waals surface area contributed by atoms with Crippen LogP contribution in [-0.2, 0) is 17.8 Å². The van der Waals surface area contributed by atoms with Crippen LogP contribution in [0.4, 0.5) is 0 Å². The molecule has 0 amide bonds. The van der Waals surface area contributed by atoms with Crippen molar-refractivity contribution >= 4 is 5.97 Å². The molecule has 4 nitrogen and oxygen atoms in total. The maximum Gasteiger partial charge on any atom is 0.356 e. The van der Waals surface area contributed by atoms with Crippen molar-refractivity contribution in [3.8, 4) is 5.75 Å². The van der Waals surface area contributed by atoms with Gasteiger partial charge in [-0.05, 0) is 41.7 Å². The van der Waals surface area contributed by atoms with Crippen LogP contribution in [0.3, 0.4) is 0 Å². The van der Waals surface area contributed by atoms with Gasteiger partial charge < -0.3 is 9.47 Å². The van der Waals surface area contributed by atoms with Crippen LogP contribution < -0.4 is 4.74 Å². The van der Waals surface area contributed by atoms with Gasteiger partial charge in [0.25, 0.3) is 0 Å². The number of carbonyl (C=O) groups is 1. The van der Waals surface area contributed by atoms with E-state index in [9.17, 15) is 4.79 Å². The second kappa shape index (κ2) is 7.27. The van der Waals surface area contributed by atoms with Crippen LogP contribution in [0.1, 0.15) is 42.5 Å². The molecule has 0 aliphatic carbocycles. The summed E-state index contributed by atoms with van der Waals surface area (Å²) in [6.45, 7) is 6.97. The third-order valence-corrected chi connectivity index (χ3v) is 3.25. The van der Waals surface area contributed by atoms with Crippen LogP contribution in [0, 0.1) is 5.41 Å². The predicted molar refractivity (Wildman–Crippen MR) is 89.5 cm³/mol. The number of ether oxygens (including phenoxy) is 2. The molecule has 4 heteroatoms. The number of nitrogens with zero attached hydrogens (tertiary/aromatic N) is 1. The Morgan fingerprint density at radius 2 is 1.78 bits per heavy atom. The molecule has 0 unspecified atom stereocenters. The molecule has 1 heterocycles. The zero-order valence-corrected chi connectivity index (χ0v) is 14.1. The molecule has 23 heavy (non-hydrogen) atoms. The van der Waals surface area contributed by atoms with Crippen LogP contribution in [0.15, 0.2) is 42.5 Å². The van der Waals surface area contributed by atoms with E-state index in [2.05, 4.69) is 42.6 Å².